The predicted molar refractivity (Wildman–Crippen MR) is 72.0 cm³/mol. The molecule has 1 amide bonds. The molecule has 0 bridgehead atoms. The molecule has 0 radical (unpaired) electrons. The number of amides is 1. The van der Waals surface area contributed by atoms with Crippen LogP contribution in [-0.2, 0) is 15.0 Å². The summed E-state index contributed by atoms with van der Waals surface area (Å²) in [7, 11) is -4.63. The van der Waals surface area contributed by atoms with Gasteiger partial charge in [-0.25, -0.2) is 4.98 Å². The minimum atomic E-state index is -4.63. The molecule has 6 nitrogen and oxygen atoms in total. The number of carbonyl (C=O) groups excluding carboxylic acids is 1. The third-order valence-electron chi connectivity index (χ3n) is 2.85. The Kier molecular flexibility index (Phi) is 4.06. The fourth-order valence-corrected chi connectivity index (χ4v) is 3.23. The highest BCUT2D eigenvalue weighted by Gasteiger charge is 2.35. The van der Waals surface area contributed by atoms with Gasteiger partial charge in [0.05, 0.1) is 11.3 Å². The van der Waals surface area contributed by atoms with E-state index in [1.54, 1.807) is 0 Å². The molecule has 0 saturated carbocycles. The van der Waals surface area contributed by atoms with E-state index < -0.39 is 21.9 Å². The zero-order valence-corrected chi connectivity index (χ0v) is 12.5. The largest absolute Gasteiger partial charge is 0.302 e. The predicted octanol–water partition coefficient (Wildman–Crippen LogP) is 1.37. The summed E-state index contributed by atoms with van der Waals surface area (Å²) >= 11 is 3.17. The lowest BCUT2D eigenvalue weighted by Gasteiger charge is -2.16. The molecule has 1 aromatic rings. The molecule has 2 heterocycles. The minimum absolute atomic E-state index is 0.0330. The maximum Gasteiger partial charge on any atom is 0.302 e. The van der Waals surface area contributed by atoms with Gasteiger partial charge in [0.1, 0.15) is 6.07 Å². The van der Waals surface area contributed by atoms with Crippen LogP contribution >= 0.6 is 15.9 Å². The fourth-order valence-electron chi connectivity index (χ4n) is 2.11. The first-order valence-corrected chi connectivity index (χ1v) is 7.93. The number of rotatable bonds is 3. The molecule has 9 heteroatoms. The van der Waals surface area contributed by atoms with Crippen molar-refractivity contribution in [2.24, 2.45) is 5.92 Å². The number of aromatic nitrogens is 1. The van der Waals surface area contributed by atoms with Gasteiger partial charge in [0.15, 0.2) is 5.82 Å². The molecule has 1 unspecified atom stereocenters. The first-order valence-electron chi connectivity index (χ1n) is 5.58. The van der Waals surface area contributed by atoms with E-state index in [1.165, 1.54) is 17.2 Å². The Morgan fingerprint density at radius 1 is 1.60 bits per heavy atom. The lowest BCUT2D eigenvalue weighted by Crippen LogP contribution is -2.27. The lowest BCUT2D eigenvalue weighted by molar-refractivity contribution is -0.117. The molecule has 0 aromatic carbocycles. The highest BCUT2D eigenvalue weighted by molar-refractivity contribution is 9.10. The molecule has 2 rings (SSSR count). The van der Waals surface area contributed by atoms with Crippen LogP contribution < -0.4 is 4.90 Å². The number of carbonyl (C=O) groups is 1. The monoisotopic (exact) mass is 361 g/mol. The van der Waals surface area contributed by atoms with Crippen LogP contribution in [0.25, 0.3) is 0 Å². The highest BCUT2D eigenvalue weighted by Crippen LogP contribution is 2.28. The molecule has 0 aliphatic carbocycles. The smallest absolute Gasteiger partial charge is 0.295 e. The second-order valence-electron chi connectivity index (χ2n) is 4.42. The van der Waals surface area contributed by atoms with Gasteiger partial charge in [-0.15, -0.1) is 3.89 Å². The van der Waals surface area contributed by atoms with E-state index >= 15 is 0 Å². The first kappa shape index (κ1) is 14.9. The number of nitrogens with zero attached hydrogens (tertiary/aromatic N) is 3. The van der Waals surface area contributed by atoms with Crippen LogP contribution in [0.15, 0.2) is 16.7 Å². The maximum absolute atomic E-state index is 12.7. The van der Waals surface area contributed by atoms with Crippen molar-refractivity contribution in [3.05, 3.63) is 22.3 Å². The van der Waals surface area contributed by atoms with Gasteiger partial charge in [0, 0.05) is 29.6 Å². The summed E-state index contributed by atoms with van der Waals surface area (Å²) in [5, 5.41) is 9.04. The summed E-state index contributed by atoms with van der Waals surface area (Å²) in [6, 6.07) is 3.43. The second kappa shape index (κ2) is 5.46. The summed E-state index contributed by atoms with van der Waals surface area (Å²) in [4.78, 5) is 17.1. The Balaban J connectivity index is 2.27. The summed E-state index contributed by atoms with van der Waals surface area (Å²) < 4.78 is 34.5. The van der Waals surface area contributed by atoms with Crippen molar-refractivity contribution >= 4 is 37.9 Å². The van der Waals surface area contributed by atoms with Gasteiger partial charge >= 0.3 is 10.2 Å². The molecule has 0 N–H and O–H groups in total. The molecule has 1 saturated heterocycles. The van der Waals surface area contributed by atoms with Crippen molar-refractivity contribution in [2.75, 3.05) is 17.2 Å². The van der Waals surface area contributed by atoms with Crippen LogP contribution in [0.3, 0.4) is 0 Å². The Morgan fingerprint density at radius 2 is 2.30 bits per heavy atom. The topological polar surface area (TPSA) is 91.1 Å². The van der Waals surface area contributed by atoms with Crippen molar-refractivity contribution in [3.63, 3.8) is 0 Å². The summed E-state index contributed by atoms with van der Waals surface area (Å²) in [5.41, 5.74) is 0.191. The molecule has 1 atom stereocenters. The van der Waals surface area contributed by atoms with E-state index in [0.717, 1.165) is 0 Å². The molecule has 1 aliphatic rings. The van der Waals surface area contributed by atoms with E-state index in [2.05, 4.69) is 20.9 Å². The molecular formula is C11H9BrFN3O3S. The van der Waals surface area contributed by atoms with Crippen LogP contribution in [0.1, 0.15) is 12.0 Å². The molecule has 0 spiro atoms. The number of hydrogen-bond acceptors (Lipinski definition) is 5. The summed E-state index contributed by atoms with van der Waals surface area (Å²) in [6.45, 7) is 0.0330. The molecular weight excluding hydrogens is 353 g/mol. The van der Waals surface area contributed by atoms with Crippen LogP contribution in [0.2, 0.25) is 0 Å². The normalized spacial score (nSPS) is 19.1. The maximum atomic E-state index is 12.7. The highest BCUT2D eigenvalue weighted by atomic mass is 79.9. The third kappa shape index (κ3) is 3.32. The number of pyridine rings is 1. The quantitative estimate of drug-likeness (QED) is 0.758. The number of halogens is 2. The average molecular weight is 362 g/mol. The Morgan fingerprint density at radius 3 is 2.90 bits per heavy atom. The Labute approximate surface area is 123 Å². The van der Waals surface area contributed by atoms with Crippen LogP contribution in [-0.4, -0.2) is 31.6 Å². The third-order valence-corrected chi connectivity index (χ3v) is 4.15. The van der Waals surface area contributed by atoms with Crippen LogP contribution in [0.4, 0.5) is 9.70 Å². The lowest BCUT2D eigenvalue weighted by atomic mass is 10.1. The van der Waals surface area contributed by atoms with Gasteiger partial charge in [0.2, 0.25) is 5.91 Å². The number of hydrogen-bond donors (Lipinski definition) is 0. The van der Waals surface area contributed by atoms with Gasteiger partial charge in [0.25, 0.3) is 0 Å². The van der Waals surface area contributed by atoms with Gasteiger partial charge in [-0.3, -0.25) is 9.69 Å². The standard InChI is InChI=1S/C11H9BrFN3O3S/c12-9-2-8(3-14)11(15-4-9)16-5-7(1-10(16)17)6-20(13,18)19/h2,4,7H,1,5-6H2. The molecule has 1 aromatic heterocycles. The van der Waals surface area contributed by atoms with E-state index in [-0.39, 0.29) is 30.3 Å². The fraction of sp³-hybridized carbons (Fsp3) is 0.364. The van der Waals surface area contributed by atoms with Crippen LogP contribution in [0.5, 0.6) is 0 Å². The van der Waals surface area contributed by atoms with Crippen molar-refractivity contribution in [1.82, 2.24) is 4.98 Å². The minimum Gasteiger partial charge on any atom is -0.295 e. The molecule has 1 fully saturated rings. The summed E-state index contributed by atoms with van der Waals surface area (Å²) in [5.74, 6) is -1.54. The SMILES string of the molecule is N#Cc1cc(Br)cnc1N1CC(CS(=O)(=O)F)CC1=O. The van der Waals surface area contributed by atoms with Crippen molar-refractivity contribution in [3.8, 4) is 6.07 Å². The Hall–Kier alpha value is -1.53. The second-order valence-corrected chi connectivity index (χ2v) is 6.74. The number of nitriles is 1. The van der Waals surface area contributed by atoms with Crippen molar-refractivity contribution in [2.45, 2.75) is 6.42 Å². The molecule has 1 aliphatic heterocycles. The average Bonchev–Trinajstić information content (AvgIpc) is 2.67. The van der Waals surface area contributed by atoms with Crippen molar-refractivity contribution in [1.29, 1.82) is 5.26 Å². The molecule has 20 heavy (non-hydrogen) atoms. The zero-order valence-electron chi connectivity index (χ0n) is 10.1. The van der Waals surface area contributed by atoms with E-state index in [9.17, 15) is 17.1 Å². The van der Waals surface area contributed by atoms with E-state index in [1.807, 2.05) is 6.07 Å². The number of anilines is 1. The molecule has 106 valence electrons. The van der Waals surface area contributed by atoms with Gasteiger partial charge in [-0.2, -0.15) is 13.7 Å². The van der Waals surface area contributed by atoms with E-state index in [4.69, 9.17) is 5.26 Å². The first-order chi connectivity index (χ1) is 9.30. The van der Waals surface area contributed by atoms with Gasteiger partial charge in [-0.1, -0.05) is 0 Å². The Bertz CT molecular complexity index is 701. The van der Waals surface area contributed by atoms with Crippen LogP contribution in [0, 0.1) is 17.2 Å². The van der Waals surface area contributed by atoms with E-state index in [0.29, 0.717) is 4.47 Å². The van der Waals surface area contributed by atoms with Gasteiger partial charge < -0.3 is 0 Å². The van der Waals surface area contributed by atoms with Gasteiger partial charge in [-0.05, 0) is 22.0 Å². The summed E-state index contributed by atoms with van der Waals surface area (Å²) in [6.07, 6.45) is 1.36. The van der Waals surface area contributed by atoms with Crippen molar-refractivity contribution < 1.29 is 17.1 Å². The zero-order chi connectivity index (χ0) is 14.9.